The summed E-state index contributed by atoms with van der Waals surface area (Å²) in [4.78, 5) is 12.1. The molecule has 0 spiro atoms. The molecule has 3 rings (SSSR count). The van der Waals surface area contributed by atoms with Gasteiger partial charge in [-0.2, -0.15) is 26.3 Å². The Labute approximate surface area is 249 Å². The molecule has 0 N–H and O–H groups in total. The van der Waals surface area contributed by atoms with Crippen LogP contribution in [0.2, 0.25) is 0 Å². The van der Waals surface area contributed by atoms with Crippen molar-refractivity contribution in [1.82, 2.24) is 4.90 Å². The molecule has 0 saturated carbocycles. The molecule has 2 aromatic rings. The molecule has 0 aliphatic carbocycles. The molecule has 0 bridgehead atoms. The molecular weight excluding hydrogens is 556 g/mol. The Morgan fingerprint density at radius 3 is 1.57 bits per heavy atom. The highest BCUT2D eigenvalue weighted by Gasteiger charge is 2.30. The largest absolute Gasteiger partial charge is 0.466 e. The normalized spacial score (nSPS) is 13.1. The Morgan fingerprint density at radius 2 is 1.29 bits per heavy atom. The van der Waals surface area contributed by atoms with Crippen molar-refractivity contribution in [2.45, 2.75) is 93.5 Å². The lowest BCUT2D eigenvalue weighted by molar-refractivity contribution is -0.140. The zero-order chi connectivity index (χ0) is 32.8. The van der Waals surface area contributed by atoms with E-state index < -0.39 is 23.5 Å². The van der Waals surface area contributed by atoms with Crippen molar-refractivity contribution in [2.24, 2.45) is 5.92 Å². The fourth-order valence-electron chi connectivity index (χ4n) is 3.17. The van der Waals surface area contributed by atoms with E-state index in [0.717, 1.165) is 68.2 Å². The maximum absolute atomic E-state index is 12.4. The van der Waals surface area contributed by atoms with Gasteiger partial charge in [-0.25, -0.2) is 0 Å². The molecule has 1 aliphatic rings. The van der Waals surface area contributed by atoms with Gasteiger partial charge in [0.2, 0.25) is 0 Å². The Kier molecular flexibility index (Phi) is 22.4. The summed E-state index contributed by atoms with van der Waals surface area (Å²) in [6.45, 7) is 19.1. The van der Waals surface area contributed by atoms with Gasteiger partial charge in [-0.3, -0.25) is 9.69 Å². The van der Waals surface area contributed by atoms with E-state index in [9.17, 15) is 31.1 Å². The Hall–Kier alpha value is -2.81. The number of allylic oxidation sites excluding steroid dienone is 1. The topological polar surface area (TPSA) is 29.5 Å². The lowest BCUT2D eigenvalue weighted by atomic mass is 10.0. The van der Waals surface area contributed by atoms with Gasteiger partial charge in [0.05, 0.1) is 17.7 Å². The summed E-state index contributed by atoms with van der Waals surface area (Å²) >= 11 is 0. The first-order chi connectivity index (χ1) is 19.6. The summed E-state index contributed by atoms with van der Waals surface area (Å²) in [5.41, 5.74) is 1.24. The van der Waals surface area contributed by atoms with E-state index in [0.29, 0.717) is 6.61 Å². The van der Waals surface area contributed by atoms with Crippen LogP contribution in [0, 0.1) is 5.92 Å². The van der Waals surface area contributed by atoms with Crippen molar-refractivity contribution in [1.29, 1.82) is 0 Å². The third kappa shape index (κ3) is 21.0. The first-order valence-corrected chi connectivity index (χ1v) is 14.4. The summed E-state index contributed by atoms with van der Waals surface area (Å²) in [6.07, 6.45) is -2.85. The third-order valence-corrected chi connectivity index (χ3v) is 5.86. The zero-order valence-corrected chi connectivity index (χ0v) is 26.3. The van der Waals surface area contributed by atoms with Crippen LogP contribution in [0.1, 0.15) is 91.3 Å². The van der Waals surface area contributed by atoms with Gasteiger partial charge >= 0.3 is 18.3 Å². The first-order valence-electron chi connectivity index (χ1n) is 14.4. The highest BCUT2D eigenvalue weighted by molar-refractivity contribution is 5.65. The van der Waals surface area contributed by atoms with Crippen molar-refractivity contribution in [2.75, 3.05) is 19.7 Å². The van der Waals surface area contributed by atoms with Gasteiger partial charge in [0, 0.05) is 26.6 Å². The molecule has 0 unspecified atom stereocenters. The molecule has 3 nitrogen and oxygen atoms in total. The van der Waals surface area contributed by atoms with Crippen LogP contribution in [0.15, 0.2) is 66.2 Å². The molecule has 0 atom stereocenters. The average molecular weight is 606 g/mol. The lowest BCUT2D eigenvalue weighted by Gasteiger charge is -2.28. The number of carbonyl (C=O) groups is 1. The standard InChI is InChI=1S/C15H18F3N.C7H5F3.C5H12.C4H8O2.C2H6/c1-2-12-7-9-19(10-8-12)11-13-3-5-14(6-4-13)15(16,17)18;8-7(9,10)6-4-2-1-3-5-6;1-4-5(2)3;1-3-6-4(2)5;1-2/h2-6H,7-11H2,1H3;1-5H;5H,4H2,1-3H3;3H2,1-2H3;1-2H3. The molecular formula is C33H49F6NO2. The van der Waals surface area contributed by atoms with Gasteiger partial charge < -0.3 is 4.74 Å². The SMILES string of the molecule is CC.CC=C1CCN(Cc2ccc(C(F)(F)F)cc2)CC1.CCC(C)C.CCOC(C)=O.FC(F)(F)c1ccccc1. The molecule has 0 aromatic heterocycles. The maximum atomic E-state index is 12.4. The van der Waals surface area contributed by atoms with E-state index in [-0.39, 0.29) is 5.97 Å². The van der Waals surface area contributed by atoms with Crippen LogP contribution in [0.25, 0.3) is 0 Å². The van der Waals surface area contributed by atoms with Crippen LogP contribution in [0.5, 0.6) is 0 Å². The number of likely N-dealkylation sites (tertiary alicyclic amines) is 1. The van der Waals surface area contributed by atoms with Crippen molar-refractivity contribution >= 4 is 5.97 Å². The zero-order valence-electron chi connectivity index (χ0n) is 26.3. The lowest BCUT2D eigenvalue weighted by Crippen LogP contribution is -2.30. The molecule has 1 saturated heterocycles. The summed E-state index contributed by atoms with van der Waals surface area (Å²) in [5, 5.41) is 0. The smallest absolute Gasteiger partial charge is 0.416 e. The van der Waals surface area contributed by atoms with Crippen molar-refractivity contribution < 1.29 is 35.9 Å². The van der Waals surface area contributed by atoms with Gasteiger partial charge in [0.25, 0.3) is 0 Å². The molecule has 0 radical (unpaired) electrons. The number of rotatable bonds is 4. The summed E-state index contributed by atoms with van der Waals surface area (Å²) in [6, 6.07) is 11.8. The minimum absolute atomic E-state index is 0.211. The molecule has 9 heteroatoms. The van der Waals surface area contributed by atoms with Crippen molar-refractivity contribution in [3.05, 3.63) is 82.9 Å². The van der Waals surface area contributed by atoms with Crippen LogP contribution >= 0.6 is 0 Å². The van der Waals surface area contributed by atoms with Crippen molar-refractivity contribution in [3.63, 3.8) is 0 Å². The summed E-state index contributed by atoms with van der Waals surface area (Å²) in [5.74, 6) is 0.674. The quantitative estimate of drug-likeness (QED) is 0.197. The van der Waals surface area contributed by atoms with E-state index >= 15 is 0 Å². The van der Waals surface area contributed by atoms with Gasteiger partial charge in [0.15, 0.2) is 0 Å². The van der Waals surface area contributed by atoms with E-state index in [2.05, 4.69) is 43.4 Å². The summed E-state index contributed by atoms with van der Waals surface area (Å²) in [7, 11) is 0. The number of hydrogen-bond donors (Lipinski definition) is 0. The average Bonchev–Trinajstić information content (AvgIpc) is 2.95. The molecule has 240 valence electrons. The van der Waals surface area contributed by atoms with E-state index in [4.69, 9.17) is 0 Å². The van der Waals surface area contributed by atoms with Crippen LogP contribution < -0.4 is 0 Å². The maximum Gasteiger partial charge on any atom is 0.416 e. The minimum atomic E-state index is -4.25. The van der Waals surface area contributed by atoms with Crippen LogP contribution in [0.4, 0.5) is 26.3 Å². The minimum Gasteiger partial charge on any atom is -0.466 e. The molecule has 0 amide bonds. The number of esters is 1. The second kappa shape index (κ2) is 22.7. The number of nitrogens with zero attached hydrogens (tertiary/aromatic N) is 1. The van der Waals surface area contributed by atoms with Crippen LogP contribution in [-0.4, -0.2) is 30.6 Å². The predicted octanol–water partition coefficient (Wildman–Crippen LogP) is 10.6. The van der Waals surface area contributed by atoms with Crippen molar-refractivity contribution in [3.8, 4) is 0 Å². The number of halogens is 6. The Balaban J connectivity index is 0. The number of benzene rings is 2. The van der Waals surface area contributed by atoms with Gasteiger partial charge in [-0.1, -0.05) is 95.2 Å². The molecule has 1 fully saturated rings. The molecule has 1 aliphatic heterocycles. The first kappa shape index (κ1) is 41.3. The molecule has 2 aromatic carbocycles. The van der Waals surface area contributed by atoms with Crippen LogP contribution in [0.3, 0.4) is 0 Å². The number of ether oxygens (including phenoxy) is 1. The van der Waals surface area contributed by atoms with Crippen LogP contribution in [-0.2, 0) is 28.4 Å². The van der Waals surface area contributed by atoms with E-state index in [1.54, 1.807) is 25.1 Å². The second-order valence-corrected chi connectivity index (χ2v) is 9.51. The number of hydrogen-bond acceptors (Lipinski definition) is 3. The van der Waals surface area contributed by atoms with Gasteiger partial charge in [0.1, 0.15) is 0 Å². The number of piperidine rings is 1. The molecule has 42 heavy (non-hydrogen) atoms. The molecule has 1 heterocycles. The highest BCUT2D eigenvalue weighted by Crippen LogP contribution is 2.30. The van der Waals surface area contributed by atoms with Gasteiger partial charge in [-0.15, -0.1) is 0 Å². The monoisotopic (exact) mass is 605 g/mol. The number of carbonyl (C=O) groups excluding carboxylic acids is 1. The fourth-order valence-corrected chi connectivity index (χ4v) is 3.17. The Bertz CT molecular complexity index is 959. The summed E-state index contributed by atoms with van der Waals surface area (Å²) < 4.78 is 77.1. The van der Waals surface area contributed by atoms with E-state index in [1.165, 1.54) is 31.1 Å². The second-order valence-electron chi connectivity index (χ2n) is 9.51. The third-order valence-electron chi connectivity index (χ3n) is 5.86. The van der Waals surface area contributed by atoms with E-state index in [1.807, 2.05) is 13.8 Å². The number of alkyl halides is 6. The van der Waals surface area contributed by atoms with Gasteiger partial charge in [-0.05, 0) is 50.3 Å². The Morgan fingerprint density at radius 1 is 0.857 bits per heavy atom. The fraction of sp³-hybridized carbons (Fsp3) is 0.545. The highest BCUT2D eigenvalue weighted by atomic mass is 19.4. The predicted molar refractivity (Wildman–Crippen MR) is 160 cm³/mol.